The summed E-state index contributed by atoms with van der Waals surface area (Å²) in [6, 6.07) is 7.35. The number of hydrogen-bond donors (Lipinski definition) is 1. The fourth-order valence-electron chi connectivity index (χ4n) is 1.78. The molecule has 0 amide bonds. The van der Waals surface area contributed by atoms with E-state index in [0.29, 0.717) is 5.56 Å². The van der Waals surface area contributed by atoms with Crippen molar-refractivity contribution in [2.45, 2.75) is 18.6 Å². The number of sulfone groups is 1. The van der Waals surface area contributed by atoms with Gasteiger partial charge in [0, 0.05) is 10.7 Å². The van der Waals surface area contributed by atoms with E-state index in [-0.39, 0.29) is 11.6 Å². The van der Waals surface area contributed by atoms with Gasteiger partial charge < -0.3 is 10.3 Å². The summed E-state index contributed by atoms with van der Waals surface area (Å²) in [7, 11) is -3.38. The monoisotopic (exact) mass is 358 g/mol. The van der Waals surface area contributed by atoms with E-state index in [0.717, 1.165) is 16.3 Å². The van der Waals surface area contributed by atoms with Crippen LogP contribution in [0, 0.1) is 0 Å². The zero-order valence-corrected chi connectivity index (χ0v) is 13.7. The number of nitrogens with zero attached hydrogens (tertiary/aromatic N) is 1. The van der Waals surface area contributed by atoms with E-state index in [4.69, 9.17) is 10.3 Å². The van der Waals surface area contributed by atoms with E-state index in [1.165, 1.54) is 0 Å². The van der Waals surface area contributed by atoms with Gasteiger partial charge in [-0.15, -0.1) is 0 Å². The lowest BCUT2D eigenvalue weighted by molar-refractivity contribution is 0.357. The van der Waals surface area contributed by atoms with E-state index in [2.05, 4.69) is 21.1 Å². The number of hydrogen-bond acceptors (Lipinski definition) is 5. The van der Waals surface area contributed by atoms with Crippen LogP contribution in [0.15, 0.2) is 33.3 Å². The van der Waals surface area contributed by atoms with Crippen LogP contribution in [-0.2, 0) is 14.6 Å². The quantitative estimate of drug-likeness (QED) is 0.911. The van der Waals surface area contributed by atoms with Crippen molar-refractivity contribution in [1.82, 2.24) is 5.16 Å². The molecule has 0 fully saturated rings. The molecule has 0 unspecified atom stereocenters. The standard InChI is InChI=1S/C13H15BrN2O3S/c1-13(2,20(3,17)18)11-10(12(15)16-19-11)8-4-6-9(14)7-5-8/h4-7H,1-3H3,(H2,15,16). The highest BCUT2D eigenvalue weighted by atomic mass is 79.9. The summed E-state index contributed by atoms with van der Waals surface area (Å²) >= 11 is 3.35. The SMILES string of the molecule is CC(C)(c1onc(N)c1-c1ccc(Br)cc1)S(C)(=O)=O. The number of benzene rings is 1. The molecule has 20 heavy (non-hydrogen) atoms. The maximum atomic E-state index is 12.0. The predicted octanol–water partition coefficient (Wildman–Crippen LogP) is 2.97. The van der Waals surface area contributed by atoms with Crippen molar-refractivity contribution in [3.63, 3.8) is 0 Å². The van der Waals surface area contributed by atoms with Crippen LogP contribution < -0.4 is 5.73 Å². The van der Waals surface area contributed by atoms with Crippen molar-refractivity contribution in [2.24, 2.45) is 0 Å². The number of aromatic nitrogens is 1. The minimum atomic E-state index is -3.38. The molecule has 0 atom stereocenters. The minimum Gasteiger partial charge on any atom is -0.380 e. The highest BCUT2D eigenvalue weighted by molar-refractivity contribution is 9.10. The van der Waals surface area contributed by atoms with Crippen molar-refractivity contribution in [1.29, 1.82) is 0 Å². The smallest absolute Gasteiger partial charge is 0.175 e. The summed E-state index contributed by atoms with van der Waals surface area (Å²) in [5.74, 6) is 0.430. The molecule has 1 heterocycles. The van der Waals surface area contributed by atoms with Crippen LogP contribution in [0.1, 0.15) is 19.6 Å². The summed E-state index contributed by atoms with van der Waals surface area (Å²) in [5.41, 5.74) is 7.12. The van der Waals surface area contributed by atoms with Crippen LogP contribution in [0.5, 0.6) is 0 Å². The minimum absolute atomic E-state index is 0.180. The molecule has 0 saturated heterocycles. The van der Waals surface area contributed by atoms with Crippen molar-refractivity contribution < 1.29 is 12.9 Å². The van der Waals surface area contributed by atoms with Crippen LogP contribution in [0.2, 0.25) is 0 Å². The normalized spacial score (nSPS) is 12.6. The maximum Gasteiger partial charge on any atom is 0.175 e. The van der Waals surface area contributed by atoms with E-state index >= 15 is 0 Å². The summed E-state index contributed by atoms with van der Waals surface area (Å²) in [5, 5.41) is 3.72. The Kier molecular flexibility index (Phi) is 3.68. The molecular weight excluding hydrogens is 344 g/mol. The topological polar surface area (TPSA) is 86.2 Å². The summed E-state index contributed by atoms with van der Waals surface area (Å²) in [4.78, 5) is 0. The van der Waals surface area contributed by atoms with Crippen molar-refractivity contribution >= 4 is 31.6 Å². The van der Waals surface area contributed by atoms with Gasteiger partial charge >= 0.3 is 0 Å². The number of halogens is 1. The molecule has 0 saturated carbocycles. The molecule has 0 aliphatic rings. The Morgan fingerprint density at radius 2 is 1.80 bits per heavy atom. The average molecular weight is 359 g/mol. The van der Waals surface area contributed by atoms with Gasteiger partial charge in [-0.25, -0.2) is 8.42 Å². The van der Waals surface area contributed by atoms with Crippen LogP contribution in [0.3, 0.4) is 0 Å². The molecule has 0 bridgehead atoms. The molecule has 1 aromatic carbocycles. The molecule has 7 heteroatoms. The Bertz CT molecular complexity index is 733. The molecule has 2 aromatic rings. The molecular formula is C13H15BrN2O3S. The van der Waals surface area contributed by atoms with Gasteiger partial charge in [0.05, 0.1) is 5.56 Å². The first-order valence-electron chi connectivity index (χ1n) is 5.86. The van der Waals surface area contributed by atoms with Gasteiger partial charge in [-0.2, -0.15) is 0 Å². The van der Waals surface area contributed by atoms with Crippen LogP contribution >= 0.6 is 15.9 Å². The van der Waals surface area contributed by atoms with Gasteiger partial charge in [0.25, 0.3) is 0 Å². The van der Waals surface area contributed by atoms with Gasteiger partial charge in [-0.1, -0.05) is 33.2 Å². The Morgan fingerprint density at radius 3 is 2.30 bits per heavy atom. The lowest BCUT2D eigenvalue weighted by atomic mass is 9.99. The van der Waals surface area contributed by atoms with E-state index in [9.17, 15) is 8.42 Å². The molecule has 0 aliphatic carbocycles. The van der Waals surface area contributed by atoms with Gasteiger partial charge in [0.2, 0.25) is 0 Å². The zero-order chi connectivity index (χ0) is 15.1. The molecule has 0 aliphatic heterocycles. The van der Waals surface area contributed by atoms with Crippen molar-refractivity contribution in [3.05, 3.63) is 34.5 Å². The number of rotatable bonds is 3. The third-order valence-corrected chi connectivity index (χ3v) is 5.89. The van der Waals surface area contributed by atoms with Crippen LogP contribution in [0.25, 0.3) is 11.1 Å². The summed E-state index contributed by atoms with van der Waals surface area (Å²) in [6.45, 7) is 3.15. The van der Waals surface area contributed by atoms with Crippen molar-refractivity contribution in [2.75, 3.05) is 12.0 Å². The molecule has 0 spiro atoms. The fraction of sp³-hybridized carbons (Fsp3) is 0.308. The Hall–Kier alpha value is -1.34. The third kappa shape index (κ3) is 2.47. The second kappa shape index (κ2) is 4.89. The fourth-order valence-corrected chi connectivity index (χ4v) is 2.52. The number of nitrogens with two attached hydrogens (primary N) is 1. The molecule has 1 aromatic heterocycles. The first kappa shape index (κ1) is 15.1. The molecule has 2 rings (SSSR count). The Labute approximate surface area is 126 Å². The highest BCUT2D eigenvalue weighted by Gasteiger charge is 2.39. The lowest BCUT2D eigenvalue weighted by Crippen LogP contribution is -2.28. The molecule has 2 N–H and O–H groups in total. The first-order valence-corrected chi connectivity index (χ1v) is 8.54. The number of anilines is 1. The first-order chi connectivity index (χ1) is 9.14. The second-order valence-corrected chi connectivity index (χ2v) is 8.54. The molecule has 108 valence electrons. The molecule has 5 nitrogen and oxygen atoms in total. The zero-order valence-electron chi connectivity index (χ0n) is 11.3. The predicted molar refractivity (Wildman–Crippen MR) is 81.9 cm³/mol. The summed E-state index contributed by atoms with van der Waals surface area (Å²) in [6.07, 6.45) is 1.16. The van der Waals surface area contributed by atoms with Gasteiger partial charge in [-0.3, -0.25) is 0 Å². The van der Waals surface area contributed by atoms with Crippen LogP contribution in [-0.4, -0.2) is 19.8 Å². The van der Waals surface area contributed by atoms with E-state index < -0.39 is 14.6 Å². The van der Waals surface area contributed by atoms with Crippen LogP contribution in [0.4, 0.5) is 5.82 Å². The highest BCUT2D eigenvalue weighted by Crippen LogP contribution is 2.40. The Balaban J connectivity index is 2.68. The average Bonchev–Trinajstić information content (AvgIpc) is 2.71. The Morgan fingerprint density at radius 1 is 1.25 bits per heavy atom. The second-order valence-electron chi connectivity index (χ2n) is 5.06. The lowest BCUT2D eigenvalue weighted by Gasteiger charge is -2.20. The van der Waals surface area contributed by atoms with Gasteiger partial charge in [-0.05, 0) is 31.5 Å². The van der Waals surface area contributed by atoms with Gasteiger partial charge in [0.15, 0.2) is 21.4 Å². The maximum absolute atomic E-state index is 12.0. The van der Waals surface area contributed by atoms with Gasteiger partial charge in [0.1, 0.15) is 4.75 Å². The largest absolute Gasteiger partial charge is 0.380 e. The number of nitrogen functional groups attached to an aromatic ring is 1. The third-order valence-electron chi connectivity index (χ3n) is 3.33. The van der Waals surface area contributed by atoms with E-state index in [1.807, 2.05) is 24.3 Å². The summed E-state index contributed by atoms with van der Waals surface area (Å²) < 4.78 is 28.8. The molecule has 0 radical (unpaired) electrons. The van der Waals surface area contributed by atoms with E-state index in [1.54, 1.807) is 13.8 Å². The van der Waals surface area contributed by atoms with Crippen molar-refractivity contribution in [3.8, 4) is 11.1 Å².